The highest BCUT2D eigenvalue weighted by molar-refractivity contribution is 14.0. The Balaban J connectivity index is 0.00000441. The SMILES string of the molecule is CCCC(CCO)CN=C(NCC)N1CC(C)(C)C1(C)C.I. The number of aliphatic hydroxyl groups excluding tert-OH is 1. The second-order valence-corrected chi connectivity index (χ2v) is 7.39. The third-order valence-electron chi connectivity index (χ3n) is 5.21. The number of hydrogen-bond acceptors (Lipinski definition) is 2. The van der Waals surface area contributed by atoms with Crippen molar-refractivity contribution in [1.82, 2.24) is 10.2 Å². The Kier molecular flexibility index (Phi) is 9.29. The first-order valence-corrected chi connectivity index (χ1v) is 8.47. The van der Waals surface area contributed by atoms with Gasteiger partial charge in [0.2, 0.25) is 0 Å². The zero-order chi connectivity index (χ0) is 16.1. The number of nitrogens with one attached hydrogen (secondary N) is 1. The Bertz CT molecular complexity index is 350. The maximum atomic E-state index is 9.18. The maximum Gasteiger partial charge on any atom is 0.194 e. The van der Waals surface area contributed by atoms with Gasteiger partial charge in [-0.15, -0.1) is 24.0 Å². The zero-order valence-electron chi connectivity index (χ0n) is 15.3. The molecule has 1 atom stereocenters. The van der Waals surface area contributed by atoms with E-state index in [-0.39, 0.29) is 36.1 Å². The van der Waals surface area contributed by atoms with Crippen molar-refractivity contribution in [3.05, 3.63) is 0 Å². The van der Waals surface area contributed by atoms with Crippen LogP contribution in [0.2, 0.25) is 0 Å². The minimum atomic E-state index is 0. The molecule has 2 N–H and O–H groups in total. The largest absolute Gasteiger partial charge is 0.396 e. The summed E-state index contributed by atoms with van der Waals surface area (Å²) in [4.78, 5) is 7.24. The molecule has 5 heteroatoms. The van der Waals surface area contributed by atoms with Gasteiger partial charge < -0.3 is 15.3 Å². The van der Waals surface area contributed by atoms with Crippen molar-refractivity contribution in [2.24, 2.45) is 16.3 Å². The van der Waals surface area contributed by atoms with Gasteiger partial charge in [0.15, 0.2) is 5.96 Å². The summed E-state index contributed by atoms with van der Waals surface area (Å²) in [5.74, 6) is 1.52. The highest BCUT2D eigenvalue weighted by atomic mass is 127. The third kappa shape index (κ3) is 4.98. The van der Waals surface area contributed by atoms with Crippen molar-refractivity contribution >= 4 is 29.9 Å². The van der Waals surface area contributed by atoms with Crippen LogP contribution in [0.3, 0.4) is 0 Å². The van der Waals surface area contributed by atoms with Crippen molar-refractivity contribution in [3.8, 4) is 0 Å². The number of guanidine groups is 1. The number of halogens is 1. The summed E-state index contributed by atoms with van der Waals surface area (Å²) in [6.07, 6.45) is 3.14. The molecule has 0 spiro atoms. The Labute approximate surface area is 154 Å². The van der Waals surface area contributed by atoms with Gasteiger partial charge in [-0.05, 0) is 39.5 Å². The molecule has 1 rings (SSSR count). The van der Waals surface area contributed by atoms with Gasteiger partial charge in [0.25, 0.3) is 0 Å². The Morgan fingerprint density at radius 2 is 1.86 bits per heavy atom. The molecular weight excluding hydrogens is 389 g/mol. The van der Waals surface area contributed by atoms with Crippen molar-refractivity contribution < 1.29 is 5.11 Å². The van der Waals surface area contributed by atoms with E-state index in [1.54, 1.807) is 0 Å². The monoisotopic (exact) mass is 425 g/mol. The van der Waals surface area contributed by atoms with Crippen LogP contribution in [0.5, 0.6) is 0 Å². The third-order valence-corrected chi connectivity index (χ3v) is 5.21. The number of aliphatic hydroxyl groups is 1. The molecule has 0 aliphatic carbocycles. The highest BCUT2D eigenvalue weighted by Crippen LogP contribution is 2.46. The van der Waals surface area contributed by atoms with Crippen molar-refractivity contribution in [1.29, 1.82) is 0 Å². The van der Waals surface area contributed by atoms with E-state index >= 15 is 0 Å². The average Bonchev–Trinajstić information content (AvgIpc) is 2.41. The van der Waals surface area contributed by atoms with Crippen molar-refractivity contribution in [2.45, 2.75) is 66.3 Å². The summed E-state index contributed by atoms with van der Waals surface area (Å²) in [6, 6.07) is 0. The molecule has 1 fully saturated rings. The highest BCUT2D eigenvalue weighted by Gasteiger charge is 2.53. The van der Waals surface area contributed by atoms with Crippen LogP contribution in [-0.2, 0) is 0 Å². The van der Waals surface area contributed by atoms with Crippen LogP contribution in [0, 0.1) is 11.3 Å². The van der Waals surface area contributed by atoms with Crippen LogP contribution in [0.1, 0.15) is 60.8 Å². The van der Waals surface area contributed by atoms with Gasteiger partial charge in [0.1, 0.15) is 0 Å². The molecule has 1 unspecified atom stereocenters. The Hall–Kier alpha value is -0.0400. The molecule has 1 saturated heterocycles. The summed E-state index contributed by atoms with van der Waals surface area (Å²) >= 11 is 0. The van der Waals surface area contributed by atoms with Gasteiger partial charge in [0, 0.05) is 37.2 Å². The number of likely N-dealkylation sites (tertiary alicyclic amines) is 1. The molecule has 0 aromatic heterocycles. The molecular formula is C17H36IN3O. The lowest BCUT2D eigenvalue weighted by atomic mass is 9.65. The Morgan fingerprint density at radius 3 is 2.27 bits per heavy atom. The van der Waals surface area contributed by atoms with Crippen LogP contribution >= 0.6 is 24.0 Å². The van der Waals surface area contributed by atoms with E-state index in [0.717, 1.165) is 44.9 Å². The summed E-state index contributed by atoms with van der Waals surface area (Å²) in [7, 11) is 0. The number of nitrogens with zero attached hydrogens (tertiary/aromatic N) is 2. The van der Waals surface area contributed by atoms with Gasteiger partial charge in [-0.25, -0.2) is 0 Å². The standard InChI is InChI=1S/C17H35N3O.HI/c1-7-9-14(10-11-21)12-19-15(18-8-2)20-13-16(3,4)17(20,5)6;/h14,21H,7-13H2,1-6H3,(H,18,19);1H. The lowest BCUT2D eigenvalue weighted by molar-refractivity contribution is -0.0668. The predicted molar refractivity (Wildman–Crippen MR) is 106 cm³/mol. The molecule has 0 aromatic carbocycles. The van der Waals surface area contributed by atoms with E-state index in [1.807, 2.05) is 0 Å². The quantitative estimate of drug-likeness (QED) is 0.373. The van der Waals surface area contributed by atoms with Crippen LogP contribution in [0.25, 0.3) is 0 Å². The lowest BCUT2D eigenvalue weighted by Crippen LogP contribution is -2.72. The molecule has 1 heterocycles. The second kappa shape index (κ2) is 9.30. The molecule has 0 amide bonds. The van der Waals surface area contributed by atoms with E-state index in [9.17, 15) is 5.11 Å². The van der Waals surface area contributed by atoms with Gasteiger partial charge in [-0.1, -0.05) is 27.2 Å². The molecule has 0 aromatic rings. The van der Waals surface area contributed by atoms with Gasteiger partial charge in [-0.3, -0.25) is 4.99 Å². The van der Waals surface area contributed by atoms with Crippen LogP contribution < -0.4 is 5.32 Å². The molecule has 0 saturated carbocycles. The van der Waals surface area contributed by atoms with Gasteiger partial charge in [-0.2, -0.15) is 0 Å². The number of hydrogen-bond donors (Lipinski definition) is 2. The molecule has 1 aliphatic rings. The fourth-order valence-corrected chi connectivity index (χ4v) is 2.93. The number of rotatable bonds is 7. The van der Waals surface area contributed by atoms with Gasteiger partial charge in [0.05, 0.1) is 0 Å². The van der Waals surface area contributed by atoms with E-state index in [1.165, 1.54) is 0 Å². The van der Waals surface area contributed by atoms with E-state index in [0.29, 0.717) is 11.3 Å². The smallest absolute Gasteiger partial charge is 0.194 e. The van der Waals surface area contributed by atoms with Gasteiger partial charge >= 0.3 is 0 Å². The molecule has 132 valence electrons. The molecule has 0 radical (unpaired) electrons. The minimum absolute atomic E-state index is 0. The second-order valence-electron chi connectivity index (χ2n) is 7.39. The summed E-state index contributed by atoms with van der Waals surface area (Å²) in [5, 5.41) is 12.6. The van der Waals surface area contributed by atoms with Crippen LogP contribution in [0.4, 0.5) is 0 Å². The molecule has 4 nitrogen and oxygen atoms in total. The Morgan fingerprint density at radius 1 is 1.23 bits per heavy atom. The fraction of sp³-hybridized carbons (Fsp3) is 0.941. The lowest BCUT2D eigenvalue weighted by Gasteiger charge is -2.62. The maximum absolute atomic E-state index is 9.18. The van der Waals surface area contributed by atoms with Crippen molar-refractivity contribution in [3.63, 3.8) is 0 Å². The minimum Gasteiger partial charge on any atom is -0.396 e. The summed E-state index contributed by atoms with van der Waals surface area (Å²) in [5.41, 5.74) is 0.447. The van der Waals surface area contributed by atoms with Crippen LogP contribution in [0.15, 0.2) is 4.99 Å². The van der Waals surface area contributed by atoms with Crippen molar-refractivity contribution in [2.75, 3.05) is 26.2 Å². The molecule has 0 bridgehead atoms. The summed E-state index contributed by atoms with van der Waals surface area (Å²) < 4.78 is 0. The topological polar surface area (TPSA) is 47.9 Å². The first kappa shape index (κ1) is 22.0. The van der Waals surface area contributed by atoms with Crippen LogP contribution in [-0.4, -0.2) is 47.7 Å². The average molecular weight is 425 g/mol. The predicted octanol–water partition coefficient (Wildman–Crippen LogP) is 3.49. The zero-order valence-corrected chi connectivity index (χ0v) is 17.6. The fourth-order valence-electron chi connectivity index (χ4n) is 2.93. The first-order valence-electron chi connectivity index (χ1n) is 8.47. The number of aliphatic imine (C=N–C) groups is 1. The van der Waals surface area contributed by atoms with E-state index < -0.39 is 0 Å². The van der Waals surface area contributed by atoms with E-state index in [4.69, 9.17) is 4.99 Å². The summed E-state index contributed by atoms with van der Waals surface area (Å²) in [6.45, 7) is 16.5. The normalized spacial score (nSPS) is 20.9. The first-order chi connectivity index (χ1) is 9.80. The van der Waals surface area contributed by atoms with E-state index in [2.05, 4.69) is 51.8 Å². The molecule has 22 heavy (non-hydrogen) atoms. The molecule has 1 aliphatic heterocycles.